The molecule has 7 rings (SSSR count). The Morgan fingerprint density at radius 2 is 1.47 bits per heavy atom. The van der Waals surface area contributed by atoms with Gasteiger partial charge in [0.15, 0.2) is 23.6 Å². The molecule has 19 nitrogen and oxygen atoms in total. The van der Waals surface area contributed by atoms with Crippen molar-refractivity contribution in [2.24, 2.45) is 16.7 Å². The second kappa shape index (κ2) is 22.6. The van der Waals surface area contributed by atoms with E-state index in [0.717, 1.165) is 6.92 Å². The van der Waals surface area contributed by atoms with E-state index < -0.39 is 113 Å². The van der Waals surface area contributed by atoms with Gasteiger partial charge in [-0.2, -0.15) is 0 Å². The van der Waals surface area contributed by atoms with E-state index in [2.05, 4.69) is 16.0 Å². The minimum absolute atomic E-state index is 0.0281. The minimum Gasteiger partial charge on any atom is -0.456 e. The molecule has 3 aliphatic carbocycles. The average molecular weight is 1040 g/mol. The van der Waals surface area contributed by atoms with Crippen molar-refractivity contribution in [3.8, 4) is 0 Å². The number of hydrogen-bond acceptors (Lipinski definition) is 16. The van der Waals surface area contributed by atoms with Gasteiger partial charge < -0.3 is 54.2 Å². The molecule has 0 aromatic heterocycles. The van der Waals surface area contributed by atoms with Crippen LogP contribution in [-0.2, 0) is 68.5 Å². The fourth-order valence-corrected chi connectivity index (χ4v) is 11.6. The normalized spacial score (nSPS) is 28.2. The summed E-state index contributed by atoms with van der Waals surface area (Å²) in [6.07, 6.45) is -8.48. The summed E-state index contributed by atoms with van der Waals surface area (Å²) in [5.74, 6) is -6.65. The molecule has 4 aliphatic rings. The third-order valence-electron chi connectivity index (χ3n) is 15.6. The molecule has 402 valence electrons. The Labute approximate surface area is 435 Å². The Kier molecular flexibility index (Phi) is 16.8. The Balaban J connectivity index is 1.27. The molecular formula is C56H67N3O16. The van der Waals surface area contributed by atoms with Gasteiger partial charge in [0, 0.05) is 77.8 Å². The van der Waals surface area contributed by atoms with Gasteiger partial charge in [0.25, 0.3) is 5.91 Å². The first kappa shape index (κ1) is 55.9. The first-order valence-electron chi connectivity index (χ1n) is 25.0. The van der Waals surface area contributed by atoms with Gasteiger partial charge in [-0.15, -0.1) is 0 Å². The van der Waals surface area contributed by atoms with Crippen LogP contribution >= 0.6 is 0 Å². The van der Waals surface area contributed by atoms with Crippen LogP contribution < -0.4 is 16.0 Å². The maximum atomic E-state index is 15.9. The summed E-state index contributed by atoms with van der Waals surface area (Å²) < 4.78 is 43.2. The van der Waals surface area contributed by atoms with E-state index in [-0.39, 0.29) is 66.6 Å². The molecule has 3 aromatic carbocycles. The largest absolute Gasteiger partial charge is 0.456 e. The summed E-state index contributed by atoms with van der Waals surface area (Å²) in [6.45, 7) is 10.5. The van der Waals surface area contributed by atoms with Crippen molar-refractivity contribution in [1.82, 2.24) is 16.0 Å². The summed E-state index contributed by atoms with van der Waals surface area (Å²) in [4.78, 5) is 110. The van der Waals surface area contributed by atoms with Crippen LogP contribution in [0.5, 0.6) is 0 Å². The maximum Gasteiger partial charge on any atom is 0.338 e. The highest BCUT2D eigenvalue weighted by molar-refractivity contribution is 5.96. The van der Waals surface area contributed by atoms with Crippen LogP contribution in [0.15, 0.2) is 96.1 Å². The molecule has 1 saturated heterocycles. The molecule has 2 bridgehead atoms. The van der Waals surface area contributed by atoms with Gasteiger partial charge in [-0.1, -0.05) is 81.4 Å². The molecule has 19 heteroatoms. The molecule has 75 heavy (non-hydrogen) atoms. The van der Waals surface area contributed by atoms with E-state index in [1.165, 1.54) is 33.3 Å². The van der Waals surface area contributed by atoms with E-state index in [1.807, 2.05) is 0 Å². The zero-order valence-corrected chi connectivity index (χ0v) is 43.7. The van der Waals surface area contributed by atoms with Crippen LogP contribution in [0.1, 0.15) is 112 Å². The second-order valence-corrected chi connectivity index (χ2v) is 20.3. The molecule has 4 N–H and O–H groups in total. The SMILES string of the molecule is CCC(=O)NCCC(=O)NCc1ccc(C(=O)N[C@@H](c2ccccc2)[C@@H](OC)C(=O)O[C@H]2C[C@@]3(O)[C@@H](OC(=O)c4ccccc4)[C@@H]4[C@]5(OC(C)=O)CO[C@@H]5C[C@H](OC)[C@@]4(C)C(=O)[C@H](OC(C)=O)C(=C2C)C3(C)C)cc1. The standard InChI is InChI=1S/C56H67N3O16/c1-10-41(62)57-26-25-42(63)58-29-34-21-23-36(24-22-34)50(65)59-44(35-17-13-11-14-18-35)46(70-9)52(67)73-38-28-56(68)49(74-51(66)37-19-15-12-16-20-37)47-54(7,39(69-8)27-40-55(47,30-71-40)75-33(4)61)48(64)45(72-32(3)60)43(31(38)2)53(56,5)6/h11-24,38-40,44-47,49,68H,10,25-30H2,1-9H3,(H,57,62)(H,58,63)(H,59,65)/t38-,39-,40+,44-,45+,46+,47-,49-,54+,55-,56+/m0/s1. The predicted octanol–water partition coefficient (Wildman–Crippen LogP) is 4.58. The van der Waals surface area contributed by atoms with Crippen molar-refractivity contribution >= 4 is 47.4 Å². The second-order valence-electron chi connectivity index (χ2n) is 20.3. The molecule has 2 saturated carbocycles. The van der Waals surface area contributed by atoms with Crippen LogP contribution in [0.4, 0.5) is 0 Å². The van der Waals surface area contributed by atoms with Crippen molar-refractivity contribution in [3.05, 3.63) is 118 Å². The Bertz CT molecular complexity index is 2690. The highest BCUT2D eigenvalue weighted by Crippen LogP contribution is 2.65. The Morgan fingerprint density at radius 1 is 0.813 bits per heavy atom. The third-order valence-corrected chi connectivity index (χ3v) is 15.6. The van der Waals surface area contributed by atoms with Crippen LogP contribution in [0.25, 0.3) is 0 Å². The van der Waals surface area contributed by atoms with Gasteiger partial charge in [-0.3, -0.25) is 28.8 Å². The summed E-state index contributed by atoms with van der Waals surface area (Å²) >= 11 is 0. The van der Waals surface area contributed by atoms with E-state index in [1.54, 1.807) is 107 Å². The molecule has 0 unspecified atom stereocenters. The lowest BCUT2D eigenvalue weighted by atomic mass is 9.44. The molecule has 11 atom stereocenters. The number of carbonyl (C=O) groups is 8. The molecule has 3 aromatic rings. The number of methoxy groups -OCH3 is 2. The molecule has 3 amide bonds. The molecule has 0 spiro atoms. The van der Waals surface area contributed by atoms with E-state index in [4.69, 9.17) is 33.2 Å². The summed E-state index contributed by atoms with van der Waals surface area (Å²) in [5, 5.41) is 22.4. The first-order chi connectivity index (χ1) is 35.6. The Morgan fingerprint density at radius 3 is 2.04 bits per heavy atom. The third kappa shape index (κ3) is 10.7. The van der Waals surface area contributed by atoms with Crippen LogP contribution in [0.3, 0.4) is 0 Å². The van der Waals surface area contributed by atoms with E-state index in [0.29, 0.717) is 17.5 Å². The smallest absolute Gasteiger partial charge is 0.338 e. The zero-order chi connectivity index (χ0) is 54.6. The van der Waals surface area contributed by atoms with Gasteiger partial charge in [0.1, 0.15) is 23.9 Å². The van der Waals surface area contributed by atoms with E-state index in [9.17, 15) is 38.7 Å². The van der Waals surface area contributed by atoms with Crippen LogP contribution in [-0.4, -0.2) is 128 Å². The fourth-order valence-electron chi connectivity index (χ4n) is 11.6. The number of fused-ring (bicyclic) bond motifs is 5. The lowest BCUT2D eigenvalue weighted by Crippen LogP contribution is -2.82. The number of hydrogen-bond donors (Lipinski definition) is 4. The zero-order valence-electron chi connectivity index (χ0n) is 43.7. The van der Waals surface area contributed by atoms with Crippen molar-refractivity contribution in [3.63, 3.8) is 0 Å². The van der Waals surface area contributed by atoms with Crippen molar-refractivity contribution < 1.29 is 76.6 Å². The highest BCUT2D eigenvalue weighted by Gasteiger charge is 2.78. The van der Waals surface area contributed by atoms with Crippen molar-refractivity contribution in [2.45, 2.75) is 135 Å². The minimum atomic E-state index is -2.35. The molecule has 0 radical (unpaired) electrons. The lowest BCUT2D eigenvalue weighted by molar-refractivity contribution is -0.347. The number of esters is 4. The molecule has 1 aliphatic heterocycles. The van der Waals surface area contributed by atoms with Crippen molar-refractivity contribution in [1.29, 1.82) is 0 Å². The summed E-state index contributed by atoms with van der Waals surface area (Å²) in [7, 11) is 2.65. The number of rotatable bonds is 18. The molecular weight excluding hydrogens is 971 g/mol. The average Bonchev–Trinajstić information content (AvgIpc) is 3.38. The Hall–Kier alpha value is -6.80. The van der Waals surface area contributed by atoms with Gasteiger partial charge in [-0.25, -0.2) is 9.59 Å². The highest BCUT2D eigenvalue weighted by atomic mass is 16.6. The van der Waals surface area contributed by atoms with E-state index >= 15 is 4.79 Å². The number of carbonyl (C=O) groups excluding carboxylic acids is 8. The quantitative estimate of drug-likeness (QED) is 0.0773. The maximum absolute atomic E-state index is 15.9. The monoisotopic (exact) mass is 1040 g/mol. The predicted molar refractivity (Wildman–Crippen MR) is 267 cm³/mol. The van der Waals surface area contributed by atoms with Gasteiger partial charge in [0.05, 0.1) is 35.6 Å². The first-order valence-corrected chi connectivity index (χ1v) is 25.0. The van der Waals surface area contributed by atoms with Gasteiger partial charge in [0.2, 0.25) is 11.8 Å². The number of Topliss-reactive ketones (excluding diaryl/α,β-unsaturated/α-hetero) is 1. The number of nitrogens with one attached hydrogen (secondary N) is 3. The number of ketones is 1. The lowest BCUT2D eigenvalue weighted by Gasteiger charge is -2.67. The molecule has 1 heterocycles. The van der Waals surface area contributed by atoms with Gasteiger partial charge >= 0.3 is 23.9 Å². The van der Waals surface area contributed by atoms with Gasteiger partial charge in [-0.05, 0) is 60.4 Å². The number of amides is 3. The van der Waals surface area contributed by atoms with Crippen LogP contribution in [0.2, 0.25) is 0 Å². The molecule has 3 fully saturated rings. The van der Waals surface area contributed by atoms with Crippen LogP contribution in [0, 0.1) is 16.7 Å². The summed E-state index contributed by atoms with van der Waals surface area (Å²) in [6, 6.07) is 21.8. The summed E-state index contributed by atoms with van der Waals surface area (Å²) in [5.41, 5.74) is -5.75. The number of aliphatic hydroxyl groups is 1. The fraction of sp³-hybridized carbons (Fsp3) is 0.500. The number of ether oxygens (including phenoxy) is 7. The van der Waals surface area contributed by atoms with Crippen molar-refractivity contribution in [2.75, 3.05) is 27.4 Å². The number of benzene rings is 3. The topological polar surface area (TPSA) is 257 Å².